The first-order valence-electron chi connectivity index (χ1n) is 6.14. The molecule has 0 amide bonds. The Balaban J connectivity index is 1.87. The van der Waals surface area contributed by atoms with Crippen molar-refractivity contribution in [2.45, 2.75) is 37.7 Å². The molecule has 17 heavy (non-hydrogen) atoms. The summed E-state index contributed by atoms with van der Waals surface area (Å²) < 4.78 is 5.66. The Morgan fingerprint density at radius 2 is 1.88 bits per heavy atom. The van der Waals surface area contributed by atoms with Crippen LogP contribution in [-0.4, -0.2) is 23.3 Å². The Morgan fingerprint density at radius 1 is 1.24 bits per heavy atom. The summed E-state index contributed by atoms with van der Waals surface area (Å²) in [5, 5.41) is 9.24. The maximum atomic E-state index is 11.2. The molecule has 3 heteroatoms. The number of carbonyl (C=O) groups is 1. The molecule has 0 spiro atoms. The first-order chi connectivity index (χ1) is 8.23. The van der Waals surface area contributed by atoms with Crippen molar-refractivity contribution in [3.8, 4) is 0 Å². The third-order valence-corrected chi connectivity index (χ3v) is 3.41. The maximum absolute atomic E-state index is 11.2. The van der Waals surface area contributed by atoms with E-state index in [1.807, 2.05) is 30.3 Å². The van der Waals surface area contributed by atoms with Crippen molar-refractivity contribution in [2.75, 3.05) is 6.61 Å². The van der Waals surface area contributed by atoms with Crippen LogP contribution < -0.4 is 0 Å². The normalized spacial score (nSPS) is 18.1. The Labute approximate surface area is 101 Å². The quantitative estimate of drug-likeness (QED) is 0.852. The van der Waals surface area contributed by atoms with E-state index in [9.17, 15) is 9.90 Å². The minimum atomic E-state index is -0.908. The van der Waals surface area contributed by atoms with Gasteiger partial charge in [-0.25, -0.2) is 4.79 Å². The first-order valence-corrected chi connectivity index (χ1v) is 6.14. The van der Waals surface area contributed by atoms with Crippen LogP contribution in [0.2, 0.25) is 0 Å². The molecular weight excluding hydrogens is 216 g/mol. The fraction of sp³-hybridized carbons (Fsp3) is 0.500. The van der Waals surface area contributed by atoms with Crippen LogP contribution >= 0.6 is 0 Å². The molecule has 0 radical (unpaired) electrons. The van der Waals surface area contributed by atoms with Gasteiger partial charge >= 0.3 is 5.97 Å². The SMILES string of the molecule is O=C(O)C1(OCCc2ccccc2)CCCC1. The molecular formula is C14H18O3. The molecule has 1 aromatic rings. The zero-order chi connectivity index (χ0) is 12.1. The molecule has 0 unspecified atom stereocenters. The lowest BCUT2D eigenvalue weighted by Gasteiger charge is -2.24. The van der Waals surface area contributed by atoms with E-state index in [4.69, 9.17) is 4.74 Å². The third kappa shape index (κ3) is 2.86. The Hall–Kier alpha value is -1.35. The van der Waals surface area contributed by atoms with Gasteiger partial charge in [0.1, 0.15) is 0 Å². The number of benzene rings is 1. The molecule has 0 atom stereocenters. The molecule has 3 nitrogen and oxygen atoms in total. The molecule has 0 aromatic heterocycles. The summed E-state index contributed by atoms with van der Waals surface area (Å²) in [5.74, 6) is -0.803. The molecule has 0 heterocycles. The second kappa shape index (κ2) is 5.32. The number of ether oxygens (including phenoxy) is 1. The zero-order valence-corrected chi connectivity index (χ0v) is 9.89. The van der Waals surface area contributed by atoms with Crippen molar-refractivity contribution in [1.82, 2.24) is 0 Å². The number of rotatable bonds is 5. The standard InChI is InChI=1S/C14H18O3/c15-13(16)14(9-4-5-10-14)17-11-8-12-6-2-1-3-7-12/h1-3,6-7H,4-5,8-11H2,(H,15,16). The lowest BCUT2D eigenvalue weighted by Crippen LogP contribution is -2.39. The lowest BCUT2D eigenvalue weighted by atomic mass is 10.0. The van der Waals surface area contributed by atoms with Crippen molar-refractivity contribution < 1.29 is 14.6 Å². The molecule has 1 aromatic carbocycles. The van der Waals surface area contributed by atoms with E-state index < -0.39 is 11.6 Å². The predicted molar refractivity (Wildman–Crippen MR) is 64.9 cm³/mol. The highest BCUT2D eigenvalue weighted by Gasteiger charge is 2.42. The van der Waals surface area contributed by atoms with Gasteiger partial charge in [0, 0.05) is 0 Å². The number of carboxylic acids is 1. The van der Waals surface area contributed by atoms with E-state index in [0.717, 1.165) is 19.3 Å². The molecule has 1 aliphatic rings. The van der Waals surface area contributed by atoms with Crippen molar-refractivity contribution >= 4 is 5.97 Å². The van der Waals surface area contributed by atoms with Gasteiger partial charge in [-0.3, -0.25) is 0 Å². The average molecular weight is 234 g/mol. The van der Waals surface area contributed by atoms with Gasteiger partial charge in [0.15, 0.2) is 5.60 Å². The molecule has 1 fully saturated rings. The third-order valence-electron chi connectivity index (χ3n) is 3.41. The molecule has 1 aliphatic carbocycles. The van der Waals surface area contributed by atoms with E-state index in [0.29, 0.717) is 19.4 Å². The van der Waals surface area contributed by atoms with Crippen molar-refractivity contribution in [3.05, 3.63) is 35.9 Å². The topological polar surface area (TPSA) is 46.5 Å². The van der Waals surface area contributed by atoms with Crippen LogP contribution in [0.25, 0.3) is 0 Å². The van der Waals surface area contributed by atoms with Gasteiger partial charge in [0.2, 0.25) is 0 Å². The number of hydrogen-bond donors (Lipinski definition) is 1. The number of carboxylic acid groups (broad SMARTS) is 1. The number of hydrogen-bond acceptors (Lipinski definition) is 2. The predicted octanol–water partition coefficient (Wildman–Crippen LogP) is 2.64. The Bertz CT molecular complexity index is 366. The van der Waals surface area contributed by atoms with Gasteiger partial charge in [-0.05, 0) is 37.7 Å². The van der Waals surface area contributed by atoms with Gasteiger partial charge in [0.05, 0.1) is 6.61 Å². The van der Waals surface area contributed by atoms with Crippen molar-refractivity contribution in [1.29, 1.82) is 0 Å². The first kappa shape index (κ1) is 12.1. The second-order valence-electron chi connectivity index (χ2n) is 4.59. The van der Waals surface area contributed by atoms with Crippen LogP contribution in [0.5, 0.6) is 0 Å². The second-order valence-corrected chi connectivity index (χ2v) is 4.59. The molecule has 1 saturated carbocycles. The molecule has 0 saturated heterocycles. The summed E-state index contributed by atoms with van der Waals surface area (Å²) >= 11 is 0. The Morgan fingerprint density at radius 3 is 2.47 bits per heavy atom. The zero-order valence-electron chi connectivity index (χ0n) is 9.89. The fourth-order valence-corrected chi connectivity index (χ4v) is 2.37. The average Bonchev–Trinajstić information content (AvgIpc) is 2.80. The highest BCUT2D eigenvalue weighted by Crippen LogP contribution is 2.33. The Kier molecular flexibility index (Phi) is 3.79. The summed E-state index contributed by atoms with van der Waals surface area (Å²) in [7, 11) is 0. The van der Waals surface area contributed by atoms with Gasteiger partial charge in [-0.2, -0.15) is 0 Å². The molecule has 92 valence electrons. The van der Waals surface area contributed by atoms with E-state index in [-0.39, 0.29) is 0 Å². The molecule has 1 N–H and O–H groups in total. The fourth-order valence-electron chi connectivity index (χ4n) is 2.37. The van der Waals surface area contributed by atoms with Crippen molar-refractivity contribution in [2.24, 2.45) is 0 Å². The molecule has 2 rings (SSSR count). The summed E-state index contributed by atoms with van der Waals surface area (Å²) in [4.78, 5) is 11.2. The maximum Gasteiger partial charge on any atom is 0.335 e. The highest BCUT2D eigenvalue weighted by molar-refractivity contribution is 5.77. The summed E-state index contributed by atoms with van der Waals surface area (Å²) in [5.41, 5.74) is 0.278. The van der Waals surface area contributed by atoms with E-state index >= 15 is 0 Å². The smallest absolute Gasteiger partial charge is 0.335 e. The lowest BCUT2D eigenvalue weighted by molar-refractivity contribution is -0.165. The van der Waals surface area contributed by atoms with Gasteiger partial charge in [-0.15, -0.1) is 0 Å². The number of aliphatic carboxylic acids is 1. The van der Waals surface area contributed by atoms with E-state index in [1.165, 1.54) is 5.56 Å². The van der Waals surface area contributed by atoms with Gasteiger partial charge < -0.3 is 9.84 Å². The summed E-state index contributed by atoms with van der Waals surface area (Å²) in [6.07, 6.45) is 3.99. The van der Waals surface area contributed by atoms with E-state index in [2.05, 4.69) is 0 Å². The minimum Gasteiger partial charge on any atom is -0.479 e. The van der Waals surface area contributed by atoms with Crippen molar-refractivity contribution in [3.63, 3.8) is 0 Å². The summed E-state index contributed by atoms with van der Waals surface area (Å²) in [6.45, 7) is 0.482. The van der Waals surface area contributed by atoms with Crippen LogP contribution in [0.15, 0.2) is 30.3 Å². The van der Waals surface area contributed by atoms with Crippen LogP contribution in [0.3, 0.4) is 0 Å². The van der Waals surface area contributed by atoms with Crippen LogP contribution in [0.4, 0.5) is 0 Å². The molecule has 0 bridgehead atoms. The summed E-state index contributed by atoms with van der Waals surface area (Å²) in [6, 6.07) is 10.0. The van der Waals surface area contributed by atoms with Crippen LogP contribution in [-0.2, 0) is 16.0 Å². The molecule has 0 aliphatic heterocycles. The van der Waals surface area contributed by atoms with Gasteiger partial charge in [-0.1, -0.05) is 30.3 Å². The van der Waals surface area contributed by atoms with E-state index in [1.54, 1.807) is 0 Å². The largest absolute Gasteiger partial charge is 0.479 e. The monoisotopic (exact) mass is 234 g/mol. The minimum absolute atomic E-state index is 0.482. The van der Waals surface area contributed by atoms with Crippen LogP contribution in [0, 0.1) is 0 Å². The van der Waals surface area contributed by atoms with Crippen LogP contribution in [0.1, 0.15) is 31.2 Å². The highest BCUT2D eigenvalue weighted by atomic mass is 16.5. The van der Waals surface area contributed by atoms with Gasteiger partial charge in [0.25, 0.3) is 0 Å².